The van der Waals surface area contributed by atoms with E-state index < -0.39 is 0 Å². The highest BCUT2D eigenvalue weighted by atomic mass is 16.5. The molecule has 0 spiro atoms. The molecule has 30 heavy (non-hydrogen) atoms. The Morgan fingerprint density at radius 3 is 2.37 bits per heavy atom. The summed E-state index contributed by atoms with van der Waals surface area (Å²) in [5, 5.41) is 9.81. The normalized spacial score (nSPS) is 10.6. The van der Waals surface area contributed by atoms with Gasteiger partial charge < -0.3 is 15.2 Å². The zero-order valence-electron chi connectivity index (χ0n) is 16.5. The highest BCUT2D eigenvalue weighted by Crippen LogP contribution is 2.19. The highest BCUT2D eigenvalue weighted by molar-refractivity contribution is 6.03. The largest absolute Gasteiger partial charge is 0.370 e. The van der Waals surface area contributed by atoms with Gasteiger partial charge in [0.15, 0.2) is 11.6 Å². The number of amides is 1. The SMILES string of the molecule is Cc1cc(NC(=O)c2cc(NCCc3ccccc3)nc(-c3ccccc3)n2)no1. The molecule has 0 fully saturated rings. The van der Waals surface area contributed by atoms with Crippen molar-refractivity contribution in [3.05, 3.63) is 89.8 Å². The first-order valence-electron chi connectivity index (χ1n) is 9.64. The zero-order chi connectivity index (χ0) is 20.8. The standard InChI is InChI=1S/C23H21N5O2/c1-16-14-21(28-30-16)27-23(29)19-15-20(24-13-12-17-8-4-2-5-9-17)26-22(25-19)18-10-6-3-7-11-18/h2-11,14-15H,12-13H2,1H3,(H,24,25,26)(H,27,28,29). The Morgan fingerprint density at radius 1 is 0.933 bits per heavy atom. The molecule has 0 saturated heterocycles. The van der Waals surface area contributed by atoms with Crippen LogP contribution in [0.5, 0.6) is 0 Å². The summed E-state index contributed by atoms with van der Waals surface area (Å²) in [6.45, 7) is 2.44. The van der Waals surface area contributed by atoms with Gasteiger partial charge in [0.25, 0.3) is 5.91 Å². The minimum absolute atomic E-state index is 0.242. The summed E-state index contributed by atoms with van der Waals surface area (Å²) in [4.78, 5) is 21.8. The van der Waals surface area contributed by atoms with Gasteiger partial charge in [-0.25, -0.2) is 9.97 Å². The van der Waals surface area contributed by atoms with Gasteiger partial charge in [-0.05, 0) is 18.9 Å². The van der Waals surface area contributed by atoms with Crippen LogP contribution in [0.2, 0.25) is 0 Å². The molecule has 7 heteroatoms. The Labute approximate surface area is 174 Å². The Bertz CT molecular complexity index is 1130. The van der Waals surface area contributed by atoms with Crippen LogP contribution < -0.4 is 10.6 Å². The molecule has 2 aromatic carbocycles. The van der Waals surface area contributed by atoms with Crippen molar-refractivity contribution < 1.29 is 9.32 Å². The van der Waals surface area contributed by atoms with E-state index in [4.69, 9.17) is 4.52 Å². The predicted molar refractivity (Wildman–Crippen MR) is 115 cm³/mol. The highest BCUT2D eigenvalue weighted by Gasteiger charge is 2.15. The average molecular weight is 399 g/mol. The van der Waals surface area contributed by atoms with E-state index >= 15 is 0 Å². The number of hydrogen-bond donors (Lipinski definition) is 2. The molecule has 0 aliphatic heterocycles. The number of hydrogen-bond acceptors (Lipinski definition) is 6. The summed E-state index contributed by atoms with van der Waals surface area (Å²) in [6.07, 6.45) is 0.839. The summed E-state index contributed by atoms with van der Waals surface area (Å²) in [6, 6.07) is 23.0. The van der Waals surface area contributed by atoms with E-state index in [1.54, 1.807) is 19.1 Å². The van der Waals surface area contributed by atoms with Gasteiger partial charge in [0.05, 0.1) is 0 Å². The first-order chi connectivity index (χ1) is 14.7. The molecule has 1 amide bonds. The molecule has 0 aliphatic rings. The van der Waals surface area contributed by atoms with Gasteiger partial charge in [0, 0.05) is 24.2 Å². The molecule has 4 rings (SSSR count). The third-order valence-electron chi connectivity index (χ3n) is 4.42. The second-order valence-electron chi connectivity index (χ2n) is 6.77. The molecule has 0 radical (unpaired) electrons. The molecule has 4 aromatic rings. The fraction of sp³-hybridized carbons (Fsp3) is 0.130. The lowest BCUT2D eigenvalue weighted by Crippen LogP contribution is -2.16. The Balaban J connectivity index is 1.56. The molecule has 0 unspecified atom stereocenters. The minimum Gasteiger partial charge on any atom is -0.370 e. The number of carbonyl (C=O) groups is 1. The number of aromatic nitrogens is 3. The molecule has 0 atom stereocenters. The van der Waals surface area contributed by atoms with Gasteiger partial charge >= 0.3 is 0 Å². The molecule has 150 valence electrons. The van der Waals surface area contributed by atoms with Crippen LogP contribution in [0.4, 0.5) is 11.6 Å². The summed E-state index contributed by atoms with van der Waals surface area (Å²) in [5.41, 5.74) is 2.30. The maximum Gasteiger partial charge on any atom is 0.275 e. The first-order valence-corrected chi connectivity index (χ1v) is 9.64. The number of carbonyl (C=O) groups excluding carboxylic acids is 1. The Morgan fingerprint density at radius 2 is 1.67 bits per heavy atom. The van der Waals surface area contributed by atoms with Crippen LogP contribution in [0.25, 0.3) is 11.4 Å². The molecule has 0 bridgehead atoms. The molecule has 7 nitrogen and oxygen atoms in total. The molecule has 2 aromatic heterocycles. The monoisotopic (exact) mass is 399 g/mol. The van der Waals surface area contributed by atoms with Crippen LogP contribution >= 0.6 is 0 Å². The van der Waals surface area contributed by atoms with Crippen molar-refractivity contribution in [1.82, 2.24) is 15.1 Å². The molecule has 0 aliphatic carbocycles. The van der Waals surface area contributed by atoms with Crippen molar-refractivity contribution in [3.8, 4) is 11.4 Å². The van der Waals surface area contributed by atoms with Crippen molar-refractivity contribution in [2.24, 2.45) is 0 Å². The van der Waals surface area contributed by atoms with Crippen LogP contribution in [0, 0.1) is 6.92 Å². The van der Waals surface area contributed by atoms with Crippen molar-refractivity contribution in [3.63, 3.8) is 0 Å². The van der Waals surface area contributed by atoms with E-state index in [2.05, 4.69) is 37.9 Å². The summed E-state index contributed by atoms with van der Waals surface area (Å²) in [5.74, 6) is 1.63. The second-order valence-corrected chi connectivity index (χ2v) is 6.77. The van der Waals surface area contributed by atoms with Gasteiger partial charge in [0.1, 0.15) is 17.3 Å². The number of benzene rings is 2. The van der Waals surface area contributed by atoms with Crippen LogP contribution in [0.1, 0.15) is 21.8 Å². The first kappa shape index (κ1) is 19.3. The number of nitrogens with one attached hydrogen (secondary N) is 2. The molecular formula is C23H21N5O2. The predicted octanol–water partition coefficient (Wildman–Crippen LogP) is 4.35. The second kappa shape index (κ2) is 9.00. The maximum absolute atomic E-state index is 12.7. The molecule has 0 saturated carbocycles. The number of aryl methyl sites for hydroxylation is 1. The lowest BCUT2D eigenvalue weighted by atomic mass is 10.1. The van der Waals surface area contributed by atoms with Crippen LogP contribution in [-0.2, 0) is 6.42 Å². The molecule has 2 heterocycles. The Hall–Kier alpha value is -4.00. The third-order valence-corrected chi connectivity index (χ3v) is 4.42. The lowest BCUT2D eigenvalue weighted by Gasteiger charge is -2.10. The van der Waals surface area contributed by atoms with E-state index in [-0.39, 0.29) is 11.6 Å². The zero-order valence-corrected chi connectivity index (χ0v) is 16.5. The van der Waals surface area contributed by atoms with Crippen LogP contribution in [0.15, 0.2) is 77.3 Å². The van der Waals surface area contributed by atoms with Gasteiger partial charge in [-0.1, -0.05) is 65.8 Å². The fourth-order valence-electron chi connectivity index (χ4n) is 2.96. The average Bonchev–Trinajstić information content (AvgIpc) is 3.19. The fourth-order valence-corrected chi connectivity index (χ4v) is 2.96. The number of nitrogens with zero attached hydrogens (tertiary/aromatic N) is 3. The maximum atomic E-state index is 12.7. The van der Waals surface area contributed by atoms with Gasteiger partial charge in [-0.15, -0.1) is 0 Å². The van der Waals surface area contributed by atoms with E-state index in [0.717, 1.165) is 12.0 Å². The van der Waals surface area contributed by atoms with Crippen molar-refractivity contribution in [2.45, 2.75) is 13.3 Å². The van der Waals surface area contributed by atoms with Gasteiger partial charge in [-0.3, -0.25) is 4.79 Å². The number of anilines is 2. The van der Waals surface area contributed by atoms with Gasteiger partial charge in [-0.2, -0.15) is 0 Å². The van der Waals surface area contributed by atoms with Crippen LogP contribution in [-0.4, -0.2) is 27.6 Å². The minimum atomic E-state index is -0.381. The van der Waals surface area contributed by atoms with Crippen molar-refractivity contribution >= 4 is 17.5 Å². The topological polar surface area (TPSA) is 92.9 Å². The van der Waals surface area contributed by atoms with E-state index in [0.29, 0.717) is 29.8 Å². The molecule has 2 N–H and O–H groups in total. The van der Waals surface area contributed by atoms with Crippen LogP contribution in [0.3, 0.4) is 0 Å². The van der Waals surface area contributed by atoms with Crippen molar-refractivity contribution in [1.29, 1.82) is 0 Å². The molecular weight excluding hydrogens is 378 g/mol. The van der Waals surface area contributed by atoms with E-state index in [1.807, 2.05) is 48.5 Å². The summed E-state index contributed by atoms with van der Waals surface area (Å²) >= 11 is 0. The third kappa shape index (κ3) is 4.88. The van der Waals surface area contributed by atoms with Crippen molar-refractivity contribution in [2.75, 3.05) is 17.2 Å². The van der Waals surface area contributed by atoms with E-state index in [1.165, 1.54) is 5.56 Å². The summed E-state index contributed by atoms with van der Waals surface area (Å²) < 4.78 is 5.00. The Kier molecular flexibility index (Phi) is 5.80. The number of rotatable bonds is 7. The summed E-state index contributed by atoms with van der Waals surface area (Å²) in [7, 11) is 0. The quantitative estimate of drug-likeness (QED) is 0.480. The lowest BCUT2D eigenvalue weighted by molar-refractivity contribution is 0.102. The van der Waals surface area contributed by atoms with E-state index in [9.17, 15) is 4.79 Å². The van der Waals surface area contributed by atoms with Gasteiger partial charge in [0.2, 0.25) is 0 Å². The smallest absolute Gasteiger partial charge is 0.275 e.